The summed E-state index contributed by atoms with van der Waals surface area (Å²) in [6, 6.07) is 4.14. The summed E-state index contributed by atoms with van der Waals surface area (Å²) < 4.78 is 0. The molecule has 1 aliphatic carbocycles. The van der Waals surface area contributed by atoms with E-state index in [4.69, 9.17) is 0 Å². The molecule has 1 heterocycles. The van der Waals surface area contributed by atoms with Crippen LogP contribution < -0.4 is 10.6 Å². The normalized spacial score (nSPS) is 20.6. The maximum absolute atomic E-state index is 12.3. The molecule has 2 N–H and O–H groups in total. The van der Waals surface area contributed by atoms with E-state index in [9.17, 15) is 4.79 Å². The molecule has 0 aliphatic heterocycles. The number of nitrogens with one attached hydrogen (secondary N) is 2. The highest BCUT2D eigenvalue weighted by Gasteiger charge is 2.34. The fourth-order valence-corrected chi connectivity index (χ4v) is 2.22. The molecule has 1 aromatic heterocycles. The fourth-order valence-electron chi connectivity index (χ4n) is 2.22. The highest BCUT2D eigenvalue weighted by Crippen LogP contribution is 2.29. The van der Waals surface area contributed by atoms with E-state index < -0.39 is 0 Å². The Kier molecular flexibility index (Phi) is 4.99. The molecule has 1 amide bonds. The largest absolute Gasteiger partial charge is 0.370 e. The Morgan fingerprint density at radius 1 is 1.35 bits per heavy atom. The van der Waals surface area contributed by atoms with E-state index in [2.05, 4.69) is 36.4 Å². The van der Waals surface area contributed by atoms with Gasteiger partial charge in [0.1, 0.15) is 5.82 Å². The van der Waals surface area contributed by atoms with E-state index in [1.165, 1.54) is 0 Å². The number of carbonyl (C=O) groups is 1. The van der Waals surface area contributed by atoms with Crippen LogP contribution in [0.5, 0.6) is 0 Å². The van der Waals surface area contributed by atoms with Gasteiger partial charge in [0.05, 0.1) is 0 Å². The average molecular weight is 275 g/mol. The summed E-state index contributed by atoms with van der Waals surface area (Å²) in [5.74, 6) is 1.46. The molecule has 0 spiro atoms. The first-order chi connectivity index (χ1) is 9.63. The van der Waals surface area contributed by atoms with Crippen LogP contribution >= 0.6 is 0 Å². The van der Waals surface area contributed by atoms with Crippen molar-refractivity contribution in [1.29, 1.82) is 0 Å². The number of pyridine rings is 1. The number of anilines is 1. The number of nitrogens with zero attached hydrogens (tertiary/aromatic N) is 1. The minimum absolute atomic E-state index is 0.0265. The number of hydrogen-bond donors (Lipinski definition) is 2. The van der Waals surface area contributed by atoms with Crippen LogP contribution in [0.4, 0.5) is 5.82 Å². The lowest BCUT2D eigenvalue weighted by atomic mass is 10.1. The van der Waals surface area contributed by atoms with Crippen LogP contribution in [-0.2, 0) is 6.42 Å². The average Bonchev–Trinajstić information content (AvgIpc) is 3.12. The van der Waals surface area contributed by atoms with Crippen molar-refractivity contribution in [2.24, 2.45) is 5.92 Å². The molecule has 2 unspecified atom stereocenters. The van der Waals surface area contributed by atoms with Crippen LogP contribution in [0.3, 0.4) is 0 Å². The van der Waals surface area contributed by atoms with E-state index in [-0.39, 0.29) is 5.91 Å². The number of aryl methyl sites for hydroxylation is 1. The Balaban J connectivity index is 2.12. The highest BCUT2D eigenvalue weighted by molar-refractivity contribution is 5.95. The number of carbonyl (C=O) groups excluding carboxylic acids is 1. The zero-order valence-corrected chi connectivity index (χ0v) is 12.7. The minimum atomic E-state index is 0.0265. The maximum atomic E-state index is 12.3. The molecule has 1 aromatic rings. The first-order valence-corrected chi connectivity index (χ1v) is 7.69. The van der Waals surface area contributed by atoms with Gasteiger partial charge in [-0.1, -0.05) is 27.2 Å². The quantitative estimate of drug-likeness (QED) is 0.804. The summed E-state index contributed by atoms with van der Waals surface area (Å²) in [4.78, 5) is 16.8. The molecule has 0 radical (unpaired) electrons. The molecule has 2 rings (SSSR count). The third-order valence-corrected chi connectivity index (χ3v) is 3.63. The number of rotatable bonds is 7. The van der Waals surface area contributed by atoms with E-state index in [1.54, 1.807) is 0 Å². The zero-order valence-electron chi connectivity index (χ0n) is 12.7. The molecule has 1 saturated carbocycles. The second kappa shape index (κ2) is 6.73. The number of hydrogen-bond acceptors (Lipinski definition) is 3. The number of aromatic nitrogens is 1. The first kappa shape index (κ1) is 14.8. The summed E-state index contributed by atoms with van der Waals surface area (Å²) >= 11 is 0. The molecule has 20 heavy (non-hydrogen) atoms. The SMILES string of the molecule is CCCNc1cc(C(=O)NC2CC2C)cc(CCC)n1. The molecule has 0 saturated heterocycles. The van der Waals surface area contributed by atoms with Gasteiger partial charge in [-0.05, 0) is 37.3 Å². The summed E-state index contributed by atoms with van der Waals surface area (Å²) in [5.41, 5.74) is 1.71. The smallest absolute Gasteiger partial charge is 0.251 e. The molecular formula is C16H25N3O. The van der Waals surface area contributed by atoms with Crippen LogP contribution in [0, 0.1) is 5.92 Å². The number of amides is 1. The molecule has 4 nitrogen and oxygen atoms in total. The molecule has 0 bridgehead atoms. The van der Waals surface area contributed by atoms with E-state index in [0.717, 1.165) is 49.3 Å². The molecule has 110 valence electrons. The van der Waals surface area contributed by atoms with Crippen LogP contribution in [0.25, 0.3) is 0 Å². The second-order valence-electron chi connectivity index (χ2n) is 5.70. The first-order valence-electron chi connectivity index (χ1n) is 7.69. The predicted molar refractivity (Wildman–Crippen MR) is 82.0 cm³/mol. The van der Waals surface area contributed by atoms with Crippen molar-refractivity contribution in [2.75, 3.05) is 11.9 Å². The molecule has 1 aliphatic rings. The van der Waals surface area contributed by atoms with Crippen molar-refractivity contribution in [3.8, 4) is 0 Å². The molecule has 1 fully saturated rings. The van der Waals surface area contributed by atoms with Gasteiger partial charge < -0.3 is 10.6 Å². The molecular weight excluding hydrogens is 250 g/mol. The van der Waals surface area contributed by atoms with Crippen LogP contribution in [-0.4, -0.2) is 23.5 Å². The Bertz CT molecular complexity index is 473. The van der Waals surface area contributed by atoms with Crippen molar-refractivity contribution in [3.05, 3.63) is 23.4 Å². The third-order valence-electron chi connectivity index (χ3n) is 3.63. The van der Waals surface area contributed by atoms with Crippen molar-refractivity contribution >= 4 is 11.7 Å². The van der Waals surface area contributed by atoms with Gasteiger partial charge in [-0.25, -0.2) is 4.98 Å². The Morgan fingerprint density at radius 2 is 2.10 bits per heavy atom. The summed E-state index contributed by atoms with van der Waals surface area (Å²) in [6.07, 6.45) is 4.08. The second-order valence-corrected chi connectivity index (χ2v) is 5.70. The summed E-state index contributed by atoms with van der Waals surface area (Å²) in [7, 11) is 0. The fraction of sp³-hybridized carbons (Fsp3) is 0.625. The van der Waals surface area contributed by atoms with Gasteiger partial charge in [0.25, 0.3) is 5.91 Å². The summed E-state index contributed by atoms with van der Waals surface area (Å²) in [6.45, 7) is 7.28. The van der Waals surface area contributed by atoms with Gasteiger partial charge in [0.15, 0.2) is 0 Å². The van der Waals surface area contributed by atoms with Crippen LogP contribution in [0.2, 0.25) is 0 Å². The van der Waals surface area contributed by atoms with E-state index in [0.29, 0.717) is 12.0 Å². The lowest BCUT2D eigenvalue weighted by Crippen LogP contribution is -2.27. The van der Waals surface area contributed by atoms with Gasteiger partial charge in [-0.3, -0.25) is 4.79 Å². The van der Waals surface area contributed by atoms with Crippen molar-refractivity contribution in [3.63, 3.8) is 0 Å². The standard InChI is InChI=1S/C16H25N3O/c1-4-6-13-9-12(10-15(18-13)17-7-5-2)16(20)19-14-8-11(14)3/h9-11,14H,4-8H2,1-3H3,(H,17,18)(H,19,20). The van der Waals surface area contributed by atoms with Crippen molar-refractivity contribution in [1.82, 2.24) is 10.3 Å². The monoisotopic (exact) mass is 275 g/mol. The lowest BCUT2D eigenvalue weighted by Gasteiger charge is -2.10. The van der Waals surface area contributed by atoms with Gasteiger partial charge in [0.2, 0.25) is 0 Å². The molecule has 0 aromatic carbocycles. The van der Waals surface area contributed by atoms with E-state index >= 15 is 0 Å². The van der Waals surface area contributed by atoms with Gasteiger partial charge in [0, 0.05) is 23.8 Å². The Morgan fingerprint density at radius 3 is 2.70 bits per heavy atom. The van der Waals surface area contributed by atoms with Crippen LogP contribution in [0.1, 0.15) is 56.1 Å². The van der Waals surface area contributed by atoms with Gasteiger partial charge in [-0.2, -0.15) is 0 Å². The third kappa shape index (κ3) is 3.95. The summed E-state index contributed by atoms with van der Waals surface area (Å²) in [5, 5.41) is 6.35. The van der Waals surface area contributed by atoms with Crippen LogP contribution in [0.15, 0.2) is 12.1 Å². The van der Waals surface area contributed by atoms with Crippen molar-refractivity contribution < 1.29 is 4.79 Å². The maximum Gasteiger partial charge on any atom is 0.251 e. The van der Waals surface area contributed by atoms with Gasteiger partial charge >= 0.3 is 0 Å². The molecule has 4 heteroatoms. The Labute approximate surface area is 121 Å². The highest BCUT2D eigenvalue weighted by atomic mass is 16.1. The van der Waals surface area contributed by atoms with E-state index in [1.807, 2.05) is 12.1 Å². The predicted octanol–water partition coefficient (Wildman–Crippen LogP) is 2.99. The van der Waals surface area contributed by atoms with Crippen molar-refractivity contribution in [2.45, 2.75) is 52.5 Å². The topological polar surface area (TPSA) is 54.0 Å². The minimum Gasteiger partial charge on any atom is -0.370 e. The van der Waals surface area contributed by atoms with Gasteiger partial charge in [-0.15, -0.1) is 0 Å². The zero-order chi connectivity index (χ0) is 14.5. The lowest BCUT2D eigenvalue weighted by molar-refractivity contribution is 0.0949. The molecule has 2 atom stereocenters. The Hall–Kier alpha value is -1.58.